The van der Waals surface area contributed by atoms with Crippen LogP contribution in [0.4, 0.5) is 5.69 Å². The Kier molecular flexibility index (Phi) is 5.52. The predicted molar refractivity (Wildman–Crippen MR) is 109 cm³/mol. The molecule has 0 radical (unpaired) electrons. The van der Waals surface area contributed by atoms with Gasteiger partial charge in [0.15, 0.2) is 5.78 Å². The largest absolute Gasteiger partial charge is 0.490 e. The lowest BCUT2D eigenvalue weighted by molar-refractivity contribution is 0.101. The van der Waals surface area contributed by atoms with E-state index in [2.05, 4.69) is 29.5 Å². The van der Waals surface area contributed by atoms with Crippen LogP contribution < -0.4 is 15.4 Å². The van der Waals surface area contributed by atoms with E-state index in [4.69, 9.17) is 4.74 Å². The van der Waals surface area contributed by atoms with E-state index in [1.54, 1.807) is 24.4 Å². The maximum atomic E-state index is 12.7. The van der Waals surface area contributed by atoms with Crippen LogP contribution in [0.1, 0.15) is 66.6 Å². The first-order valence-electron chi connectivity index (χ1n) is 9.50. The minimum absolute atomic E-state index is 0.0429. The highest BCUT2D eigenvalue weighted by Crippen LogP contribution is 2.29. The summed E-state index contributed by atoms with van der Waals surface area (Å²) in [6.45, 7) is 11.1. The van der Waals surface area contributed by atoms with Crippen molar-refractivity contribution in [3.05, 3.63) is 52.8 Å². The highest BCUT2D eigenvalue weighted by atomic mass is 16.5. The molecule has 0 bridgehead atoms. The fraction of sp³-hybridized carbons (Fsp3) is 0.409. The average molecular weight is 381 g/mol. The molecule has 0 spiro atoms. The van der Waals surface area contributed by atoms with Crippen LogP contribution in [0.5, 0.6) is 5.75 Å². The third-order valence-electron chi connectivity index (χ3n) is 4.73. The zero-order valence-electron chi connectivity index (χ0n) is 17.1. The Morgan fingerprint density at radius 2 is 2.00 bits per heavy atom. The van der Waals surface area contributed by atoms with Crippen molar-refractivity contribution in [2.75, 3.05) is 11.9 Å². The summed E-state index contributed by atoms with van der Waals surface area (Å²) in [6.07, 6.45) is 1.63. The van der Waals surface area contributed by atoms with Crippen LogP contribution in [0.3, 0.4) is 0 Å². The van der Waals surface area contributed by atoms with Crippen LogP contribution in [0.25, 0.3) is 0 Å². The number of pyridine rings is 1. The number of rotatable bonds is 5. The van der Waals surface area contributed by atoms with Gasteiger partial charge in [0.1, 0.15) is 5.75 Å². The van der Waals surface area contributed by atoms with Crippen molar-refractivity contribution < 1.29 is 14.3 Å². The van der Waals surface area contributed by atoms with E-state index >= 15 is 0 Å². The van der Waals surface area contributed by atoms with Crippen molar-refractivity contribution >= 4 is 17.4 Å². The molecule has 1 aliphatic heterocycles. The third kappa shape index (κ3) is 4.22. The number of nitrogens with zero attached hydrogens (tertiary/aromatic N) is 1. The molecule has 3 rings (SSSR count). The van der Waals surface area contributed by atoms with E-state index < -0.39 is 0 Å². The Morgan fingerprint density at radius 1 is 1.25 bits per heavy atom. The van der Waals surface area contributed by atoms with Crippen molar-refractivity contribution in [2.45, 2.75) is 52.7 Å². The molecule has 0 saturated carbocycles. The van der Waals surface area contributed by atoms with Crippen LogP contribution in [-0.2, 0) is 12.0 Å². The number of nitrogens with one attached hydrogen (secondary N) is 2. The lowest BCUT2D eigenvalue weighted by atomic mass is 9.83. The number of fused-ring (bicyclic) bond motifs is 1. The van der Waals surface area contributed by atoms with Gasteiger partial charge >= 0.3 is 0 Å². The Morgan fingerprint density at radius 3 is 2.68 bits per heavy atom. The summed E-state index contributed by atoms with van der Waals surface area (Å²) in [6, 6.07) is 6.86. The quantitative estimate of drug-likeness (QED) is 0.772. The van der Waals surface area contributed by atoms with E-state index in [1.165, 1.54) is 6.92 Å². The molecular formula is C22H27N3O3. The van der Waals surface area contributed by atoms with Crippen LogP contribution in [0.15, 0.2) is 30.5 Å². The molecule has 0 fully saturated rings. The van der Waals surface area contributed by atoms with E-state index in [-0.39, 0.29) is 23.2 Å². The van der Waals surface area contributed by atoms with Gasteiger partial charge in [0, 0.05) is 24.1 Å². The second-order valence-corrected chi connectivity index (χ2v) is 8.11. The zero-order chi connectivity index (χ0) is 20.5. The molecule has 148 valence electrons. The van der Waals surface area contributed by atoms with Gasteiger partial charge in [0.2, 0.25) is 0 Å². The van der Waals surface area contributed by atoms with Crippen molar-refractivity contribution in [1.82, 2.24) is 10.3 Å². The van der Waals surface area contributed by atoms with E-state index in [9.17, 15) is 9.59 Å². The van der Waals surface area contributed by atoms with Crippen molar-refractivity contribution in [1.29, 1.82) is 0 Å². The number of aromatic nitrogens is 1. The van der Waals surface area contributed by atoms with Gasteiger partial charge in [0.25, 0.3) is 5.91 Å². The minimum Gasteiger partial charge on any atom is -0.490 e. The Hall–Kier alpha value is -2.73. The van der Waals surface area contributed by atoms with Crippen LogP contribution in [0.2, 0.25) is 0 Å². The first-order chi connectivity index (χ1) is 13.2. The van der Waals surface area contributed by atoms with Gasteiger partial charge in [-0.1, -0.05) is 13.8 Å². The molecule has 0 aliphatic carbocycles. The van der Waals surface area contributed by atoms with E-state index in [1.807, 2.05) is 19.9 Å². The molecule has 2 heterocycles. The molecule has 1 amide bonds. The molecule has 6 heteroatoms. The molecule has 1 aliphatic rings. The van der Waals surface area contributed by atoms with E-state index in [0.717, 1.165) is 24.3 Å². The lowest BCUT2D eigenvalue weighted by Crippen LogP contribution is -2.39. The highest BCUT2D eigenvalue weighted by Gasteiger charge is 2.29. The maximum Gasteiger partial charge on any atom is 0.255 e. The zero-order valence-corrected chi connectivity index (χ0v) is 17.1. The number of benzene rings is 1. The highest BCUT2D eigenvalue weighted by molar-refractivity contribution is 6.06. The summed E-state index contributed by atoms with van der Waals surface area (Å²) in [5.74, 6) is 0.0558. The van der Waals surface area contributed by atoms with E-state index in [0.29, 0.717) is 22.6 Å². The van der Waals surface area contributed by atoms with Crippen LogP contribution in [-0.4, -0.2) is 29.3 Å². The Labute approximate surface area is 165 Å². The average Bonchev–Trinajstić information content (AvgIpc) is 2.60. The number of carbonyl (C=O) groups is 2. The molecule has 2 N–H and O–H groups in total. The molecule has 1 aromatic heterocycles. The molecule has 6 nitrogen and oxygen atoms in total. The fourth-order valence-corrected chi connectivity index (χ4v) is 3.42. The third-order valence-corrected chi connectivity index (χ3v) is 4.73. The summed E-state index contributed by atoms with van der Waals surface area (Å²) in [7, 11) is 0. The van der Waals surface area contributed by atoms with Crippen LogP contribution >= 0.6 is 0 Å². The van der Waals surface area contributed by atoms with Crippen molar-refractivity contribution in [3.8, 4) is 5.75 Å². The number of Topliss-reactive ketones (excluding diaryl/α,β-unsaturated/α-hetero) is 1. The first kappa shape index (κ1) is 20.0. The maximum absolute atomic E-state index is 12.7. The Bertz CT molecular complexity index is 919. The van der Waals surface area contributed by atoms with Crippen molar-refractivity contribution in [2.24, 2.45) is 0 Å². The fourth-order valence-electron chi connectivity index (χ4n) is 3.42. The van der Waals surface area contributed by atoms with Gasteiger partial charge in [-0.15, -0.1) is 0 Å². The predicted octanol–water partition coefficient (Wildman–Crippen LogP) is 3.70. The number of amides is 1. The Balaban J connectivity index is 1.83. The number of ether oxygens (including phenoxy) is 1. The molecule has 0 unspecified atom stereocenters. The number of ketones is 1. The number of hydrogen-bond donors (Lipinski definition) is 2. The second kappa shape index (κ2) is 7.72. The van der Waals surface area contributed by atoms with Gasteiger partial charge in [-0.25, -0.2) is 0 Å². The van der Waals surface area contributed by atoms with Crippen LogP contribution in [0, 0.1) is 0 Å². The molecule has 1 aromatic carbocycles. The van der Waals surface area contributed by atoms with Gasteiger partial charge in [-0.2, -0.15) is 0 Å². The molecular weight excluding hydrogens is 354 g/mol. The second-order valence-electron chi connectivity index (χ2n) is 8.11. The molecule has 28 heavy (non-hydrogen) atoms. The summed E-state index contributed by atoms with van der Waals surface area (Å²) in [5, 5.41) is 6.26. The molecule has 0 atom stereocenters. The van der Waals surface area contributed by atoms with Gasteiger partial charge in [-0.05, 0) is 50.6 Å². The normalized spacial score (nSPS) is 15.1. The van der Waals surface area contributed by atoms with Crippen molar-refractivity contribution in [3.63, 3.8) is 0 Å². The summed E-state index contributed by atoms with van der Waals surface area (Å²) < 4.78 is 5.67. The molecule has 0 saturated heterocycles. The minimum atomic E-state index is -0.289. The molecule has 2 aromatic rings. The topological polar surface area (TPSA) is 80.3 Å². The lowest BCUT2D eigenvalue weighted by Gasteiger charge is -2.32. The summed E-state index contributed by atoms with van der Waals surface area (Å²) in [4.78, 5) is 29.3. The summed E-state index contributed by atoms with van der Waals surface area (Å²) in [5.41, 5.74) is 3.53. The number of carbonyl (C=O) groups excluding carboxylic acids is 2. The number of hydrogen-bond acceptors (Lipinski definition) is 5. The SMILES string of the molecule is CC(=O)c1cc(C(=O)Nc2cnc3c(c2)CNCC3(C)C)ccc1OC(C)C. The smallest absolute Gasteiger partial charge is 0.255 e. The van der Waals surface area contributed by atoms with Gasteiger partial charge in [-0.3, -0.25) is 14.6 Å². The summed E-state index contributed by atoms with van der Waals surface area (Å²) >= 11 is 0. The first-order valence-corrected chi connectivity index (χ1v) is 9.50. The van der Waals surface area contributed by atoms with Gasteiger partial charge in [0.05, 0.1) is 29.2 Å². The monoisotopic (exact) mass is 381 g/mol. The standard InChI is InChI=1S/C22H27N3O3/c1-13(2)28-19-7-6-15(9-18(19)14(3)26)21(27)25-17-8-16-10-23-12-22(4,5)20(16)24-11-17/h6-9,11,13,23H,10,12H2,1-5H3,(H,25,27). The number of anilines is 1. The van der Waals surface area contributed by atoms with Gasteiger partial charge < -0.3 is 15.4 Å².